The van der Waals surface area contributed by atoms with Gasteiger partial charge in [0.1, 0.15) is 5.69 Å². The minimum atomic E-state index is -0.610. The normalized spacial score (nSPS) is 11.4. The number of amides is 3. The van der Waals surface area contributed by atoms with E-state index >= 15 is 0 Å². The third kappa shape index (κ3) is 7.53. The molecule has 0 saturated carbocycles. The van der Waals surface area contributed by atoms with Gasteiger partial charge in [-0.3, -0.25) is 19.6 Å². The van der Waals surface area contributed by atoms with Crippen molar-refractivity contribution in [3.63, 3.8) is 0 Å². The first-order valence-electron chi connectivity index (χ1n) is 10.7. The van der Waals surface area contributed by atoms with Crippen LogP contribution in [0.15, 0.2) is 36.4 Å². The van der Waals surface area contributed by atoms with Crippen LogP contribution in [0.3, 0.4) is 0 Å². The number of carbonyl (C=O) groups is 3. The summed E-state index contributed by atoms with van der Waals surface area (Å²) in [6.07, 6.45) is 3.39. The maximum Gasteiger partial charge on any atom is 0.271 e. The third-order valence-corrected chi connectivity index (χ3v) is 5.01. The third-order valence-electron chi connectivity index (χ3n) is 5.01. The Balaban J connectivity index is 1.99. The molecule has 0 unspecified atom stereocenters. The topological polar surface area (TPSA) is 121 Å². The van der Waals surface area contributed by atoms with E-state index in [9.17, 15) is 24.0 Å². The van der Waals surface area contributed by atoms with Crippen LogP contribution in [0.2, 0.25) is 0 Å². The molecular formula is C23H29FN4O5. The number of hydroxylamine groups is 2. The van der Waals surface area contributed by atoms with E-state index in [1.165, 1.54) is 25.3 Å². The van der Waals surface area contributed by atoms with Crippen molar-refractivity contribution in [1.82, 2.24) is 20.7 Å². The second-order valence-electron chi connectivity index (χ2n) is 7.37. The Hall–Kier alpha value is -3.53. The lowest BCUT2D eigenvalue weighted by Gasteiger charge is -2.19. The summed E-state index contributed by atoms with van der Waals surface area (Å²) in [5.74, 6) is -2.08. The highest BCUT2D eigenvalue weighted by Crippen LogP contribution is 2.27. The first-order valence-corrected chi connectivity index (χ1v) is 10.7. The van der Waals surface area contributed by atoms with E-state index in [0.29, 0.717) is 11.5 Å². The quantitative estimate of drug-likeness (QED) is 0.139. The zero-order valence-corrected chi connectivity index (χ0v) is 18.7. The van der Waals surface area contributed by atoms with Crippen molar-refractivity contribution in [2.24, 2.45) is 5.92 Å². The van der Waals surface area contributed by atoms with Crippen LogP contribution in [0.4, 0.5) is 4.39 Å². The van der Waals surface area contributed by atoms with Gasteiger partial charge in [0, 0.05) is 5.56 Å². The number of unbranched alkanes of at least 4 members (excludes halogenated alkanes) is 2. The van der Waals surface area contributed by atoms with Gasteiger partial charge in [-0.1, -0.05) is 38.3 Å². The highest BCUT2D eigenvalue weighted by Gasteiger charge is 2.21. The Morgan fingerprint density at radius 3 is 2.67 bits per heavy atom. The highest BCUT2D eigenvalue weighted by atomic mass is 19.1. The summed E-state index contributed by atoms with van der Waals surface area (Å²) >= 11 is 0. The monoisotopic (exact) mass is 460 g/mol. The molecule has 10 heteroatoms. The summed E-state index contributed by atoms with van der Waals surface area (Å²) < 4.78 is 19.5. The van der Waals surface area contributed by atoms with Gasteiger partial charge in [-0.25, -0.2) is 14.4 Å². The number of ether oxygens (including phenoxy) is 1. The molecule has 0 saturated heterocycles. The fourth-order valence-electron chi connectivity index (χ4n) is 3.24. The molecule has 3 amide bonds. The van der Waals surface area contributed by atoms with Gasteiger partial charge in [0.05, 0.1) is 31.9 Å². The number of hydrogen-bond donors (Lipinski definition) is 3. The van der Waals surface area contributed by atoms with Crippen molar-refractivity contribution in [3.05, 3.63) is 47.9 Å². The lowest BCUT2D eigenvalue weighted by atomic mass is 10.0. The largest absolute Gasteiger partial charge is 0.494 e. The Kier molecular flexibility index (Phi) is 10.2. The van der Waals surface area contributed by atoms with Crippen molar-refractivity contribution in [3.8, 4) is 17.0 Å². The SMILES string of the molecule is CCCCC[C@H](CN(O)C=O)C(=O)NCNC(=O)c1cccc(-c2cccc(OC)c2F)n1. The van der Waals surface area contributed by atoms with Crippen LogP contribution < -0.4 is 15.4 Å². The molecule has 33 heavy (non-hydrogen) atoms. The molecule has 0 aliphatic rings. The number of carbonyl (C=O) groups excluding carboxylic acids is 3. The molecule has 0 bridgehead atoms. The van der Waals surface area contributed by atoms with Crippen LogP contribution in [0.1, 0.15) is 43.1 Å². The average Bonchev–Trinajstić information content (AvgIpc) is 2.83. The molecule has 2 aromatic rings. The summed E-state index contributed by atoms with van der Waals surface area (Å²) in [6, 6.07) is 9.26. The van der Waals surface area contributed by atoms with Crippen molar-refractivity contribution in [2.45, 2.75) is 32.6 Å². The fraction of sp³-hybridized carbons (Fsp3) is 0.391. The molecule has 0 aliphatic carbocycles. The van der Waals surface area contributed by atoms with E-state index in [-0.39, 0.29) is 42.3 Å². The van der Waals surface area contributed by atoms with Crippen LogP contribution in [0, 0.1) is 11.7 Å². The summed E-state index contributed by atoms with van der Waals surface area (Å²) in [5, 5.41) is 15.0. The van der Waals surface area contributed by atoms with Gasteiger partial charge in [-0.2, -0.15) is 0 Å². The van der Waals surface area contributed by atoms with Gasteiger partial charge >= 0.3 is 0 Å². The van der Waals surface area contributed by atoms with E-state index in [2.05, 4.69) is 15.6 Å². The van der Waals surface area contributed by atoms with Crippen molar-refractivity contribution >= 4 is 18.2 Å². The minimum absolute atomic E-state index is 0.0472. The summed E-state index contributed by atoms with van der Waals surface area (Å²) in [7, 11) is 1.36. The maximum atomic E-state index is 14.5. The number of benzene rings is 1. The van der Waals surface area contributed by atoms with Crippen LogP contribution >= 0.6 is 0 Å². The number of rotatable bonds is 13. The summed E-state index contributed by atoms with van der Waals surface area (Å²) in [6.45, 7) is 1.72. The molecule has 0 fully saturated rings. The van der Waals surface area contributed by atoms with Gasteiger partial charge < -0.3 is 15.4 Å². The van der Waals surface area contributed by atoms with Crippen molar-refractivity contribution in [1.29, 1.82) is 0 Å². The molecule has 1 aromatic heterocycles. The second kappa shape index (κ2) is 13.1. The van der Waals surface area contributed by atoms with Gasteiger partial charge in [-0.05, 0) is 30.7 Å². The zero-order chi connectivity index (χ0) is 24.2. The number of pyridine rings is 1. The Labute approximate surface area is 191 Å². The molecule has 1 aromatic carbocycles. The number of methoxy groups -OCH3 is 1. The molecule has 1 heterocycles. The predicted molar refractivity (Wildman–Crippen MR) is 119 cm³/mol. The Bertz CT molecular complexity index is 956. The molecule has 178 valence electrons. The second-order valence-corrected chi connectivity index (χ2v) is 7.37. The Morgan fingerprint density at radius 1 is 1.21 bits per heavy atom. The molecule has 2 rings (SSSR count). The number of hydrogen-bond acceptors (Lipinski definition) is 6. The highest BCUT2D eigenvalue weighted by molar-refractivity contribution is 5.93. The van der Waals surface area contributed by atoms with E-state index < -0.39 is 23.5 Å². The van der Waals surface area contributed by atoms with Gasteiger partial charge in [0.15, 0.2) is 11.6 Å². The smallest absolute Gasteiger partial charge is 0.271 e. The first kappa shape index (κ1) is 25.7. The summed E-state index contributed by atoms with van der Waals surface area (Å²) in [5.41, 5.74) is 0.498. The van der Waals surface area contributed by atoms with E-state index in [0.717, 1.165) is 19.3 Å². The first-order chi connectivity index (χ1) is 15.9. The van der Waals surface area contributed by atoms with Crippen molar-refractivity contribution in [2.75, 3.05) is 20.3 Å². The Morgan fingerprint density at radius 2 is 1.97 bits per heavy atom. The van der Waals surface area contributed by atoms with Gasteiger partial charge in [0.2, 0.25) is 12.3 Å². The number of halogens is 1. The molecular weight excluding hydrogens is 431 g/mol. The molecule has 0 aliphatic heterocycles. The maximum absolute atomic E-state index is 14.5. The number of nitrogens with zero attached hydrogens (tertiary/aromatic N) is 2. The standard InChI is InChI=1S/C23H29FN4O5/c1-3-4-5-8-16(13-28(32)15-29)22(30)25-14-26-23(31)19-11-7-10-18(27-19)17-9-6-12-20(33-2)21(17)24/h6-7,9-12,15-16,32H,3-5,8,13-14H2,1-2H3,(H,25,30)(H,26,31)/t16-/m1/s1. The van der Waals surface area contributed by atoms with Crippen LogP contribution in [-0.4, -0.2) is 53.8 Å². The van der Waals surface area contributed by atoms with E-state index in [4.69, 9.17) is 4.74 Å². The molecule has 1 atom stereocenters. The van der Waals surface area contributed by atoms with E-state index in [1.54, 1.807) is 18.2 Å². The van der Waals surface area contributed by atoms with Crippen LogP contribution in [0.5, 0.6) is 5.75 Å². The summed E-state index contributed by atoms with van der Waals surface area (Å²) in [4.78, 5) is 39.8. The van der Waals surface area contributed by atoms with Crippen LogP contribution in [0.25, 0.3) is 11.3 Å². The average molecular weight is 461 g/mol. The lowest BCUT2D eigenvalue weighted by Crippen LogP contribution is -2.43. The number of nitrogens with one attached hydrogen (secondary N) is 2. The van der Waals surface area contributed by atoms with Gasteiger partial charge in [0.25, 0.3) is 5.91 Å². The molecule has 9 nitrogen and oxygen atoms in total. The zero-order valence-electron chi connectivity index (χ0n) is 18.7. The van der Waals surface area contributed by atoms with E-state index in [1.807, 2.05) is 6.92 Å². The van der Waals surface area contributed by atoms with Gasteiger partial charge in [-0.15, -0.1) is 0 Å². The molecule has 3 N–H and O–H groups in total. The lowest BCUT2D eigenvalue weighted by molar-refractivity contribution is -0.154. The number of aromatic nitrogens is 1. The fourth-order valence-corrected chi connectivity index (χ4v) is 3.24. The molecule has 0 radical (unpaired) electrons. The van der Waals surface area contributed by atoms with Crippen LogP contribution in [-0.2, 0) is 9.59 Å². The molecule has 0 spiro atoms. The predicted octanol–water partition coefficient (Wildman–Crippen LogP) is 2.74. The van der Waals surface area contributed by atoms with Crippen molar-refractivity contribution < 1.29 is 28.7 Å². The minimum Gasteiger partial charge on any atom is -0.494 e.